The Bertz CT molecular complexity index is 510. The van der Waals surface area contributed by atoms with Crippen LogP contribution >= 0.6 is 15.9 Å². The minimum absolute atomic E-state index is 0.0431. The second kappa shape index (κ2) is 3.87. The van der Waals surface area contributed by atoms with Crippen LogP contribution in [0, 0.1) is 16.2 Å². The van der Waals surface area contributed by atoms with Gasteiger partial charge in [0.25, 0.3) is 0 Å². The van der Waals surface area contributed by atoms with Crippen molar-refractivity contribution in [1.82, 2.24) is 5.32 Å². The third kappa shape index (κ3) is 1.36. The SMILES string of the molecule is CC12CCC(C(=O)NCc3ccco3)(C1Br)C2(C)C. The standard InChI is InChI=1S/C15H20BrNO2/c1-13(2)14(3)6-7-15(13,11(14)16)12(18)17-9-10-5-4-8-19-10/h4-5,8,11H,6-7,9H2,1-3H3,(H,17,18). The largest absolute Gasteiger partial charge is 0.467 e. The Labute approximate surface area is 122 Å². The van der Waals surface area contributed by atoms with Gasteiger partial charge in [0, 0.05) is 4.83 Å². The van der Waals surface area contributed by atoms with E-state index in [1.54, 1.807) is 6.26 Å². The molecule has 0 aromatic carbocycles. The van der Waals surface area contributed by atoms with Gasteiger partial charge in [-0.25, -0.2) is 0 Å². The van der Waals surface area contributed by atoms with Crippen molar-refractivity contribution in [3.05, 3.63) is 24.2 Å². The second-order valence-electron chi connectivity index (χ2n) is 6.64. The average Bonchev–Trinajstić information content (AvgIpc) is 3.01. The molecule has 3 saturated carbocycles. The molecule has 3 unspecified atom stereocenters. The van der Waals surface area contributed by atoms with Crippen LogP contribution in [-0.2, 0) is 11.3 Å². The lowest BCUT2D eigenvalue weighted by molar-refractivity contribution is -0.162. The highest BCUT2D eigenvalue weighted by Crippen LogP contribution is 2.79. The number of halogens is 1. The summed E-state index contributed by atoms with van der Waals surface area (Å²) in [6, 6.07) is 3.72. The van der Waals surface area contributed by atoms with Gasteiger partial charge in [0.2, 0.25) is 5.91 Å². The molecule has 3 nitrogen and oxygen atoms in total. The zero-order chi connectivity index (χ0) is 13.9. The molecule has 1 aromatic rings. The van der Waals surface area contributed by atoms with Gasteiger partial charge < -0.3 is 9.73 Å². The van der Waals surface area contributed by atoms with Crippen LogP contribution in [0.5, 0.6) is 0 Å². The van der Waals surface area contributed by atoms with E-state index in [4.69, 9.17) is 4.42 Å². The number of amides is 1. The zero-order valence-electron chi connectivity index (χ0n) is 11.6. The summed E-state index contributed by atoms with van der Waals surface area (Å²) in [5.41, 5.74) is 0.00474. The van der Waals surface area contributed by atoms with Gasteiger partial charge in [-0.15, -0.1) is 0 Å². The molecule has 0 radical (unpaired) electrons. The van der Waals surface area contributed by atoms with E-state index in [1.807, 2.05) is 12.1 Å². The fraction of sp³-hybridized carbons (Fsp3) is 0.667. The van der Waals surface area contributed by atoms with Crippen LogP contribution in [-0.4, -0.2) is 10.7 Å². The molecule has 4 rings (SSSR count). The van der Waals surface area contributed by atoms with Crippen molar-refractivity contribution in [3.8, 4) is 0 Å². The zero-order valence-corrected chi connectivity index (χ0v) is 13.2. The Morgan fingerprint density at radius 1 is 1.47 bits per heavy atom. The lowest BCUT2D eigenvalue weighted by atomic mass is 9.43. The molecule has 0 spiro atoms. The summed E-state index contributed by atoms with van der Waals surface area (Å²) in [6.07, 6.45) is 3.72. The summed E-state index contributed by atoms with van der Waals surface area (Å²) >= 11 is 3.78. The van der Waals surface area contributed by atoms with E-state index < -0.39 is 0 Å². The van der Waals surface area contributed by atoms with Crippen LogP contribution in [0.2, 0.25) is 0 Å². The molecule has 3 aliphatic rings. The predicted octanol–water partition coefficient (Wildman–Crippen LogP) is 3.49. The molecular weight excluding hydrogens is 306 g/mol. The topological polar surface area (TPSA) is 42.2 Å². The molecule has 2 bridgehead atoms. The van der Waals surface area contributed by atoms with Crippen molar-refractivity contribution >= 4 is 21.8 Å². The molecule has 1 heterocycles. The maximum absolute atomic E-state index is 12.7. The maximum atomic E-state index is 12.7. The lowest BCUT2D eigenvalue weighted by Gasteiger charge is -2.64. The van der Waals surface area contributed by atoms with Gasteiger partial charge in [0.1, 0.15) is 5.76 Å². The van der Waals surface area contributed by atoms with Gasteiger partial charge in [-0.05, 0) is 35.8 Å². The molecule has 19 heavy (non-hydrogen) atoms. The summed E-state index contributed by atoms with van der Waals surface area (Å²) in [4.78, 5) is 13.0. The highest BCUT2D eigenvalue weighted by atomic mass is 79.9. The van der Waals surface area contributed by atoms with Crippen LogP contribution < -0.4 is 5.32 Å². The Morgan fingerprint density at radius 2 is 2.21 bits per heavy atom. The number of rotatable bonds is 3. The average molecular weight is 326 g/mol. The number of hydrogen-bond acceptors (Lipinski definition) is 2. The molecule has 3 fully saturated rings. The first-order valence-electron chi connectivity index (χ1n) is 6.81. The number of carbonyl (C=O) groups excluding carboxylic acids is 1. The molecule has 1 aromatic heterocycles. The van der Waals surface area contributed by atoms with E-state index in [9.17, 15) is 4.79 Å². The third-order valence-electron chi connectivity index (χ3n) is 5.98. The van der Waals surface area contributed by atoms with Crippen LogP contribution in [0.15, 0.2) is 22.8 Å². The van der Waals surface area contributed by atoms with Gasteiger partial charge in [-0.2, -0.15) is 0 Å². The van der Waals surface area contributed by atoms with Gasteiger partial charge in [-0.3, -0.25) is 4.79 Å². The Morgan fingerprint density at radius 3 is 2.68 bits per heavy atom. The first kappa shape index (κ1) is 13.2. The van der Waals surface area contributed by atoms with Gasteiger partial charge in [0.15, 0.2) is 0 Å². The number of fused-ring (bicyclic) bond motifs is 1. The van der Waals surface area contributed by atoms with Gasteiger partial charge >= 0.3 is 0 Å². The summed E-state index contributed by atoms with van der Waals surface area (Å²) in [7, 11) is 0. The molecule has 3 atom stereocenters. The Hall–Kier alpha value is -0.770. The number of furan rings is 1. The van der Waals surface area contributed by atoms with Crippen molar-refractivity contribution in [3.63, 3.8) is 0 Å². The molecule has 0 saturated heterocycles. The van der Waals surface area contributed by atoms with Crippen molar-refractivity contribution in [1.29, 1.82) is 0 Å². The number of carbonyl (C=O) groups is 1. The molecule has 1 amide bonds. The summed E-state index contributed by atoms with van der Waals surface area (Å²) in [6.45, 7) is 7.21. The van der Waals surface area contributed by atoms with Crippen molar-refractivity contribution in [2.24, 2.45) is 16.2 Å². The molecule has 104 valence electrons. The summed E-state index contributed by atoms with van der Waals surface area (Å²) in [5, 5.41) is 3.05. The first-order chi connectivity index (χ1) is 8.86. The number of alkyl halides is 1. The maximum Gasteiger partial charge on any atom is 0.228 e. The van der Waals surface area contributed by atoms with E-state index in [0.29, 0.717) is 6.54 Å². The van der Waals surface area contributed by atoms with E-state index in [0.717, 1.165) is 18.6 Å². The van der Waals surface area contributed by atoms with E-state index in [-0.39, 0.29) is 27.0 Å². The van der Waals surface area contributed by atoms with Gasteiger partial charge in [0.05, 0.1) is 18.2 Å². The molecular formula is C15H20BrNO2. The van der Waals surface area contributed by atoms with E-state index in [1.165, 1.54) is 0 Å². The molecule has 1 N–H and O–H groups in total. The van der Waals surface area contributed by atoms with Crippen LogP contribution in [0.4, 0.5) is 0 Å². The second-order valence-corrected chi connectivity index (χ2v) is 7.55. The van der Waals surface area contributed by atoms with Crippen molar-refractivity contribution in [2.75, 3.05) is 0 Å². The summed E-state index contributed by atoms with van der Waals surface area (Å²) < 4.78 is 5.26. The fourth-order valence-corrected chi connectivity index (χ4v) is 6.01. The van der Waals surface area contributed by atoms with E-state index in [2.05, 4.69) is 42.0 Å². The molecule has 0 aliphatic heterocycles. The minimum Gasteiger partial charge on any atom is -0.467 e. The first-order valence-corrected chi connectivity index (χ1v) is 7.72. The predicted molar refractivity (Wildman–Crippen MR) is 76.8 cm³/mol. The quantitative estimate of drug-likeness (QED) is 0.864. The number of hydrogen-bond donors (Lipinski definition) is 1. The molecule has 3 aliphatic carbocycles. The van der Waals surface area contributed by atoms with Crippen LogP contribution in [0.3, 0.4) is 0 Å². The fourth-order valence-electron chi connectivity index (χ4n) is 4.20. The smallest absolute Gasteiger partial charge is 0.228 e. The Balaban J connectivity index is 1.77. The molecule has 4 heteroatoms. The Kier molecular flexibility index (Phi) is 2.70. The van der Waals surface area contributed by atoms with Gasteiger partial charge in [-0.1, -0.05) is 36.7 Å². The highest BCUT2D eigenvalue weighted by molar-refractivity contribution is 9.09. The lowest BCUT2D eigenvalue weighted by Crippen LogP contribution is -2.69. The van der Waals surface area contributed by atoms with Crippen LogP contribution in [0.1, 0.15) is 39.4 Å². The van der Waals surface area contributed by atoms with Crippen molar-refractivity contribution < 1.29 is 9.21 Å². The summed E-state index contributed by atoms with van der Waals surface area (Å²) in [5.74, 6) is 0.958. The third-order valence-corrected chi connectivity index (χ3v) is 7.77. The number of nitrogens with one attached hydrogen (secondary N) is 1. The highest BCUT2D eigenvalue weighted by Gasteiger charge is 2.79. The van der Waals surface area contributed by atoms with E-state index >= 15 is 0 Å². The minimum atomic E-state index is -0.270. The monoisotopic (exact) mass is 325 g/mol. The normalized spacial score (nSPS) is 38.8. The van der Waals surface area contributed by atoms with Crippen LogP contribution in [0.25, 0.3) is 0 Å². The van der Waals surface area contributed by atoms with Crippen molar-refractivity contribution in [2.45, 2.75) is 45.0 Å².